The zero-order valence-electron chi connectivity index (χ0n) is 19.4. The van der Waals surface area contributed by atoms with Crippen molar-refractivity contribution < 1.29 is 22.7 Å². The van der Waals surface area contributed by atoms with Crippen molar-refractivity contribution in [2.24, 2.45) is 11.8 Å². The smallest absolute Gasteiger partial charge is 0.243 e. The van der Waals surface area contributed by atoms with Crippen molar-refractivity contribution >= 4 is 15.9 Å². The lowest BCUT2D eigenvalue weighted by Crippen LogP contribution is -2.43. The number of carbonyl (C=O) groups excluding carboxylic acids is 1. The number of nitrogens with zero attached hydrogens (tertiary/aromatic N) is 1. The van der Waals surface area contributed by atoms with Crippen LogP contribution in [-0.4, -0.2) is 52.5 Å². The van der Waals surface area contributed by atoms with E-state index in [-0.39, 0.29) is 16.7 Å². The summed E-state index contributed by atoms with van der Waals surface area (Å²) >= 11 is 0. The Morgan fingerprint density at radius 2 is 1.71 bits per heavy atom. The monoisotopic (exact) mass is 454 g/mol. The van der Waals surface area contributed by atoms with Crippen LogP contribution in [0.15, 0.2) is 23.1 Å². The maximum Gasteiger partial charge on any atom is 0.243 e. The van der Waals surface area contributed by atoms with Crippen molar-refractivity contribution in [3.63, 3.8) is 0 Å². The minimum Gasteiger partial charge on any atom is -0.493 e. The van der Waals surface area contributed by atoms with Gasteiger partial charge in [-0.3, -0.25) is 4.79 Å². The summed E-state index contributed by atoms with van der Waals surface area (Å²) in [4.78, 5) is 12.6. The van der Waals surface area contributed by atoms with Crippen LogP contribution in [0.5, 0.6) is 11.5 Å². The van der Waals surface area contributed by atoms with Crippen molar-refractivity contribution in [2.75, 3.05) is 33.9 Å². The second kappa shape index (κ2) is 12.3. The largest absolute Gasteiger partial charge is 0.493 e. The number of unbranched alkanes of at least 4 members (excludes halogenated alkanes) is 3. The number of ether oxygens (including phenoxy) is 2. The van der Waals surface area contributed by atoms with Gasteiger partial charge in [-0.15, -0.1) is 0 Å². The molecule has 0 radical (unpaired) electrons. The van der Waals surface area contributed by atoms with Crippen molar-refractivity contribution in [1.82, 2.24) is 9.62 Å². The fourth-order valence-corrected chi connectivity index (χ4v) is 5.36. The Morgan fingerprint density at radius 3 is 2.32 bits per heavy atom. The SMILES string of the molecule is COc1ccc(S(=O)(=O)N2CCC(C(=O)NCCCCCCC(C)C)CC2)cc1OC. The van der Waals surface area contributed by atoms with Gasteiger partial charge in [0.1, 0.15) is 0 Å². The van der Waals surface area contributed by atoms with E-state index in [2.05, 4.69) is 19.2 Å². The number of methoxy groups -OCH3 is 2. The van der Waals surface area contributed by atoms with E-state index in [1.54, 1.807) is 6.07 Å². The molecule has 0 spiro atoms. The third-order valence-electron chi connectivity index (χ3n) is 5.82. The fraction of sp³-hybridized carbons (Fsp3) is 0.696. The van der Waals surface area contributed by atoms with Crippen LogP contribution < -0.4 is 14.8 Å². The average molecular weight is 455 g/mol. The minimum atomic E-state index is -3.64. The third-order valence-corrected chi connectivity index (χ3v) is 7.72. The fourth-order valence-electron chi connectivity index (χ4n) is 3.87. The highest BCUT2D eigenvalue weighted by atomic mass is 32.2. The first-order valence-corrected chi connectivity index (χ1v) is 12.7. The minimum absolute atomic E-state index is 0.0466. The van der Waals surface area contributed by atoms with Gasteiger partial charge in [0.05, 0.1) is 19.1 Å². The molecule has 0 aromatic heterocycles. The molecule has 0 atom stereocenters. The van der Waals surface area contributed by atoms with E-state index in [1.807, 2.05) is 0 Å². The summed E-state index contributed by atoms with van der Waals surface area (Å²) in [6.07, 6.45) is 6.92. The average Bonchev–Trinajstić information content (AvgIpc) is 2.77. The summed E-state index contributed by atoms with van der Waals surface area (Å²) in [7, 11) is -0.654. The van der Waals surface area contributed by atoms with Crippen LogP contribution in [-0.2, 0) is 14.8 Å². The van der Waals surface area contributed by atoms with Gasteiger partial charge in [-0.1, -0.05) is 39.5 Å². The highest BCUT2D eigenvalue weighted by Gasteiger charge is 2.32. The molecule has 7 nitrogen and oxygen atoms in total. The van der Waals surface area contributed by atoms with Crippen molar-refractivity contribution in [2.45, 2.75) is 63.7 Å². The molecule has 1 aliphatic rings. The molecule has 1 aromatic rings. The number of sulfonamides is 1. The lowest BCUT2D eigenvalue weighted by Gasteiger charge is -2.30. The normalized spacial score (nSPS) is 15.8. The predicted octanol–water partition coefficient (Wildman–Crippen LogP) is 3.83. The molecule has 176 valence electrons. The summed E-state index contributed by atoms with van der Waals surface area (Å²) < 4.78 is 37.9. The molecule has 1 N–H and O–H groups in total. The molecule has 1 aromatic carbocycles. The topological polar surface area (TPSA) is 84.9 Å². The summed E-state index contributed by atoms with van der Waals surface area (Å²) in [5.41, 5.74) is 0. The molecular formula is C23H38N2O5S. The van der Waals surface area contributed by atoms with Crippen LogP contribution in [0.3, 0.4) is 0 Å². The first-order valence-electron chi connectivity index (χ1n) is 11.3. The maximum absolute atomic E-state index is 13.0. The number of nitrogens with one attached hydrogen (secondary N) is 1. The van der Waals surface area contributed by atoms with Gasteiger partial charge in [-0.25, -0.2) is 8.42 Å². The van der Waals surface area contributed by atoms with E-state index in [1.165, 1.54) is 49.9 Å². The molecular weight excluding hydrogens is 416 g/mol. The van der Waals surface area contributed by atoms with Crippen molar-refractivity contribution in [3.05, 3.63) is 18.2 Å². The number of amides is 1. The van der Waals surface area contributed by atoms with Gasteiger partial charge in [-0.2, -0.15) is 4.31 Å². The van der Waals surface area contributed by atoms with Crippen molar-refractivity contribution in [3.8, 4) is 11.5 Å². The summed E-state index contributed by atoms with van der Waals surface area (Å²) in [5, 5.41) is 3.03. The molecule has 0 saturated carbocycles. The molecule has 8 heteroatoms. The molecule has 0 unspecified atom stereocenters. The third kappa shape index (κ3) is 7.38. The van der Waals surface area contributed by atoms with E-state index in [9.17, 15) is 13.2 Å². The van der Waals surface area contributed by atoms with Crippen LogP contribution in [0.4, 0.5) is 0 Å². The predicted molar refractivity (Wildman–Crippen MR) is 122 cm³/mol. The van der Waals surface area contributed by atoms with Crippen LogP contribution in [0.1, 0.15) is 58.8 Å². The quantitative estimate of drug-likeness (QED) is 0.485. The molecule has 2 rings (SSSR count). The van der Waals surface area contributed by atoms with Gasteiger partial charge < -0.3 is 14.8 Å². The first kappa shape index (κ1) is 25.5. The van der Waals surface area contributed by atoms with Gasteiger partial charge in [0, 0.05) is 31.6 Å². The number of hydrogen-bond acceptors (Lipinski definition) is 5. The van der Waals surface area contributed by atoms with Crippen LogP contribution in [0.2, 0.25) is 0 Å². The van der Waals surface area contributed by atoms with Crippen LogP contribution in [0, 0.1) is 11.8 Å². The van der Waals surface area contributed by atoms with Gasteiger partial charge >= 0.3 is 0 Å². The Morgan fingerprint density at radius 1 is 1.06 bits per heavy atom. The van der Waals surface area contributed by atoms with Gasteiger partial charge in [-0.05, 0) is 37.3 Å². The van der Waals surface area contributed by atoms with E-state index in [0.29, 0.717) is 44.0 Å². The summed E-state index contributed by atoms with van der Waals surface area (Å²) in [5.74, 6) is 1.53. The number of piperidine rings is 1. The summed E-state index contributed by atoms with van der Waals surface area (Å²) in [6, 6.07) is 4.60. The van der Waals surface area contributed by atoms with E-state index < -0.39 is 10.0 Å². The molecule has 31 heavy (non-hydrogen) atoms. The van der Waals surface area contributed by atoms with E-state index >= 15 is 0 Å². The Kier molecular flexibility index (Phi) is 10.1. The standard InChI is InChI=1S/C23H38N2O5S/c1-18(2)9-7-5-6-8-14-24-23(26)19-12-15-25(16-13-19)31(27,28)20-10-11-21(29-3)22(17-20)30-4/h10-11,17-19H,5-9,12-16H2,1-4H3,(H,24,26). The van der Waals surface area contributed by atoms with Crippen molar-refractivity contribution in [1.29, 1.82) is 0 Å². The van der Waals surface area contributed by atoms with Crippen LogP contribution in [0.25, 0.3) is 0 Å². The molecule has 0 bridgehead atoms. The highest BCUT2D eigenvalue weighted by Crippen LogP contribution is 2.32. The van der Waals surface area contributed by atoms with Gasteiger partial charge in [0.25, 0.3) is 0 Å². The molecule has 1 amide bonds. The molecule has 1 aliphatic heterocycles. The maximum atomic E-state index is 13.0. The van der Waals surface area contributed by atoms with E-state index in [0.717, 1.165) is 18.8 Å². The Hall–Kier alpha value is -1.80. The first-order chi connectivity index (χ1) is 14.8. The molecule has 1 heterocycles. The van der Waals surface area contributed by atoms with Crippen LogP contribution >= 0.6 is 0 Å². The summed E-state index contributed by atoms with van der Waals surface area (Å²) in [6.45, 7) is 5.85. The second-order valence-corrected chi connectivity index (χ2v) is 10.5. The molecule has 1 saturated heterocycles. The Labute approximate surface area is 187 Å². The second-order valence-electron chi connectivity index (χ2n) is 8.58. The lowest BCUT2D eigenvalue weighted by atomic mass is 9.97. The van der Waals surface area contributed by atoms with Gasteiger partial charge in [0.15, 0.2) is 11.5 Å². The van der Waals surface area contributed by atoms with E-state index in [4.69, 9.17) is 9.47 Å². The Balaban J connectivity index is 1.79. The lowest BCUT2D eigenvalue weighted by molar-refractivity contribution is -0.126. The zero-order valence-corrected chi connectivity index (χ0v) is 20.2. The number of rotatable bonds is 12. The number of hydrogen-bond donors (Lipinski definition) is 1. The highest BCUT2D eigenvalue weighted by molar-refractivity contribution is 7.89. The van der Waals surface area contributed by atoms with Gasteiger partial charge in [0.2, 0.25) is 15.9 Å². The Bertz CT molecular complexity index is 802. The number of benzene rings is 1. The molecule has 1 fully saturated rings. The molecule has 0 aliphatic carbocycles. The zero-order chi connectivity index (χ0) is 22.9. The number of carbonyl (C=O) groups is 1.